The van der Waals surface area contributed by atoms with E-state index >= 15 is 0 Å². The van der Waals surface area contributed by atoms with E-state index in [1.54, 1.807) is 25.3 Å². The molecule has 4 amide bonds. The van der Waals surface area contributed by atoms with Crippen LogP contribution in [-0.4, -0.2) is 119 Å². The van der Waals surface area contributed by atoms with Gasteiger partial charge in [0.25, 0.3) is 0 Å². The highest BCUT2D eigenvalue weighted by Gasteiger charge is 2.40. The van der Waals surface area contributed by atoms with E-state index in [2.05, 4.69) is 24.5 Å². The predicted octanol–water partition coefficient (Wildman–Crippen LogP) is 3.83. The highest BCUT2D eigenvalue weighted by molar-refractivity contribution is 7.84. The average molecular weight is 720 g/mol. The highest BCUT2D eigenvalue weighted by Crippen LogP contribution is 2.27. The SMILES string of the molecule is CCC(C)C(C(CC(=O)N1CCCC1CCC(=O)NC(Cc1ccccc1)S(C)=O)OC)N(C)C(=O)C(NC(=O)C(C(C)C)N(C)C)C(C)C. The Morgan fingerprint density at radius 2 is 1.64 bits per heavy atom. The number of methoxy groups -OCH3 is 1. The first-order valence-corrected chi connectivity index (χ1v) is 19.9. The van der Waals surface area contributed by atoms with Crippen LogP contribution in [0.2, 0.25) is 0 Å². The number of benzene rings is 1. The van der Waals surface area contributed by atoms with E-state index in [1.807, 2.05) is 81.9 Å². The van der Waals surface area contributed by atoms with Gasteiger partial charge in [-0.05, 0) is 56.7 Å². The van der Waals surface area contributed by atoms with Crippen molar-refractivity contribution in [3.63, 3.8) is 0 Å². The van der Waals surface area contributed by atoms with Gasteiger partial charge in [0.15, 0.2) is 0 Å². The third kappa shape index (κ3) is 12.4. The number of carbonyl (C=O) groups excluding carboxylic acids is 4. The molecule has 11 nitrogen and oxygen atoms in total. The lowest BCUT2D eigenvalue weighted by Gasteiger charge is -2.40. The van der Waals surface area contributed by atoms with E-state index in [9.17, 15) is 23.4 Å². The van der Waals surface area contributed by atoms with Gasteiger partial charge < -0.3 is 25.2 Å². The van der Waals surface area contributed by atoms with Gasteiger partial charge in [0, 0.05) is 56.6 Å². The predicted molar refractivity (Wildman–Crippen MR) is 201 cm³/mol. The minimum absolute atomic E-state index is 0.0152. The summed E-state index contributed by atoms with van der Waals surface area (Å²) in [7, 11) is 5.80. The topological polar surface area (TPSA) is 128 Å². The number of rotatable bonds is 20. The van der Waals surface area contributed by atoms with Crippen LogP contribution < -0.4 is 10.6 Å². The van der Waals surface area contributed by atoms with Gasteiger partial charge in [0.2, 0.25) is 23.6 Å². The fourth-order valence-electron chi connectivity index (χ4n) is 7.22. The van der Waals surface area contributed by atoms with Crippen LogP contribution in [-0.2, 0) is 41.1 Å². The molecule has 50 heavy (non-hydrogen) atoms. The van der Waals surface area contributed by atoms with Crippen molar-refractivity contribution in [2.45, 2.75) is 122 Å². The Morgan fingerprint density at radius 1 is 1.00 bits per heavy atom. The lowest BCUT2D eigenvalue weighted by atomic mass is 9.89. The van der Waals surface area contributed by atoms with E-state index in [-0.39, 0.29) is 66.3 Å². The molecule has 0 aliphatic carbocycles. The summed E-state index contributed by atoms with van der Waals surface area (Å²) in [6.45, 7) is 12.5. The molecule has 284 valence electrons. The van der Waals surface area contributed by atoms with Crippen molar-refractivity contribution in [3.05, 3.63) is 35.9 Å². The second-order valence-electron chi connectivity index (χ2n) is 14.9. The van der Waals surface area contributed by atoms with Crippen LogP contribution in [0.3, 0.4) is 0 Å². The van der Waals surface area contributed by atoms with Gasteiger partial charge in [-0.3, -0.25) is 28.3 Å². The summed E-state index contributed by atoms with van der Waals surface area (Å²) < 4.78 is 18.4. The molecule has 0 bridgehead atoms. The smallest absolute Gasteiger partial charge is 0.245 e. The summed E-state index contributed by atoms with van der Waals surface area (Å²) in [5.74, 6) is -0.719. The van der Waals surface area contributed by atoms with Crippen molar-refractivity contribution in [1.82, 2.24) is 25.3 Å². The molecular formula is C38H65N5O6S. The van der Waals surface area contributed by atoms with E-state index < -0.39 is 34.4 Å². The number of carbonyl (C=O) groups is 4. The van der Waals surface area contributed by atoms with Crippen LogP contribution >= 0.6 is 0 Å². The molecule has 2 N–H and O–H groups in total. The van der Waals surface area contributed by atoms with Gasteiger partial charge in [-0.25, -0.2) is 0 Å². The number of hydrogen-bond acceptors (Lipinski definition) is 7. The van der Waals surface area contributed by atoms with Crippen LogP contribution in [0.4, 0.5) is 0 Å². The minimum Gasteiger partial charge on any atom is -0.379 e. The van der Waals surface area contributed by atoms with Crippen molar-refractivity contribution in [1.29, 1.82) is 0 Å². The fraction of sp³-hybridized carbons (Fsp3) is 0.737. The van der Waals surface area contributed by atoms with Crippen molar-refractivity contribution in [2.24, 2.45) is 17.8 Å². The molecule has 1 aliphatic rings. The molecule has 1 aliphatic heterocycles. The number of nitrogens with zero attached hydrogens (tertiary/aromatic N) is 3. The molecule has 0 spiro atoms. The quantitative estimate of drug-likeness (QED) is 0.210. The number of likely N-dealkylation sites (tertiary alicyclic amines) is 1. The van der Waals surface area contributed by atoms with Crippen LogP contribution in [0.15, 0.2) is 30.3 Å². The zero-order chi connectivity index (χ0) is 37.7. The Balaban J connectivity index is 2.14. The van der Waals surface area contributed by atoms with Crippen molar-refractivity contribution in [2.75, 3.05) is 41.1 Å². The maximum atomic E-state index is 14.1. The van der Waals surface area contributed by atoms with Gasteiger partial charge in [-0.2, -0.15) is 0 Å². The standard InChI is InChI=1S/C38H65N5O6S/c1-12-27(6)36(42(9)38(47)34(25(2)3)40-37(46)35(26(4)5)41(7)8)30(49-10)24-33(45)43-22-16-19-29(43)20-21-31(44)39-32(50(11)48)23-28-17-14-13-15-18-28/h13-15,17-18,25-27,29-30,32,34-36H,12,16,19-24H2,1-11H3,(H,39,44)(H,40,46). The van der Waals surface area contributed by atoms with Crippen LogP contribution in [0.25, 0.3) is 0 Å². The Kier molecular flexibility index (Phi) is 18.1. The van der Waals surface area contributed by atoms with E-state index in [0.29, 0.717) is 19.4 Å². The molecule has 1 aromatic rings. The largest absolute Gasteiger partial charge is 0.379 e. The normalized spacial score (nSPS) is 19.1. The molecule has 2 rings (SSSR count). The summed E-state index contributed by atoms with van der Waals surface area (Å²) in [5, 5.41) is 5.50. The molecule has 1 saturated heterocycles. The van der Waals surface area contributed by atoms with Gasteiger partial charge >= 0.3 is 0 Å². The zero-order valence-corrected chi connectivity index (χ0v) is 33.3. The molecule has 12 heteroatoms. The van der Waals surface area contributed by atoms with E-state index in [4.69, 9.17) is 4.74 Å². The Bertz CT molecular complexity index is 1250. The first-order valence-electron chi connectivity index (χ1n) is 18.2. The molecule has 8 unspecified atom stereocenters. The molecule has 1 aromatic carbocycles. The van der Waals surface area contributed by atoms with Crippen molar-refractivity contribution in [3.8, 4) is 0 Å². The zero-order valence-electron chi connectivity index (χ0n) is 32.4. The number of ether oxygens (including phenoxy) is 1. The Morgan fingerprint density at radius 3 is 2.16 bits per heavy atom. The second-order valence-corrected chi connectivity index (χ2v) is 16.4. The van der Waals surface area contributed by atoms with Crippen LogP contribution in [0, 0.1) is 17.8 Å². The lowest BCUT2D eigenvalue weighted by molar-refractivity contribution is -0.146. The number of hydrogen-bond donors (Lipinski definition) is 2. The Labute approximate surface area is 304 Å². The molecule has 0 radical (unpaired) electrons. The third-order valence-corrected chi connectivity index (χ3v) is 11.2. The maximum absolute atomic E-state index is 14.1. The molecular weight excluding hydrogens is 655 g/mol. The van der Waals surface area contributed by atoms with Gasteiger partial charge in [-0.1, -0.05) is 78.3 Å². The average Bonchev–Trinajstić information content (AvgIpc) is 3.54. The summed E-state index contributed by atoms with van der Waals surface area (Å²) in [6.07, 6.45) is 4.76. The van der Waals surface area contributed by atoms with Gasteiger partial charge in [0.1, 0.15) is 11.4 Å². The second kappa shape index (κ2) is 20.9. The monoisotopic (exact) mass is 719 g/mol. The molecule has 0 saturated carbocycles. The summed E-state index contributed by atoms with van der Waals surface area (Å²) in [4.78, 5) is 59.7. The first-order chi connectivity index (χ1) is 23.5. The number of likely N-dealkylation sites (N-methyl/N-ethyl adjacent to an activating group) is 2. The van der Waals surface area contributed by atoms with E-state index in [0.717, 1.165) is 24.8 Å². The van der Waals surface area contributed by atoms with Crippen LogP contribution in [0.1, 0.15) is 85.6 Å². The summed E-state index contributed by atoms with van der Waals surface area (Å²) in [5.41, 5.74) is 1.00. The Hall–Kier alpha value is -2.83. The van der Waals surface area contributed by atoms with Crippen molar-refractivity contribution < 1.29 is 28.1 Å². The highest BCUT2D eigenvalue weighted by atomic mass is 32.2. The molecule has 1 heterocycles. The molecule has 8 atom stereocenters. The molecule has 0 aromatic heterocycles. The number of nitrogens with one attached hydrogen (secondary N) is 2. The number of amides is 4. The fourth-order valence-corrected chi connectivity index (χ4v) is 7.94. The van der Waals surface area contributed by atoms with E-state index in [1.165, 1.54) is 0 Å². The van der Waals surface area contributed by atoms with Gasteiger partial charge in [0.05, 0.1) is 24.6 Å². The summed E-state index contributed by atoms with van der Waals surface area (Å²) >= 11 is 0. The van der Waals surface area contributed by atoms with Gasteiger partial charge in [-0.15, -0.1) is 0 Å². The first kappa shape index (κ1) is 43.3. The van der Waals surface area contributed by atoms with Crippen LogP contribution in [0.5, 0.6) is 0 Å². The lowest BCUT2D eigenvalue weighted by Crippen LogP contribution is -2.59. The molecule has 1 fully saturated rings. The third-order valence-electron chi connectivity index (χ3n) is 10.2. The minimum atomic E-state index is -1.25. The van der Waals surface area contributed by atoms with Crippen molar-refractivity contribution >= 4 is 34.4 Å². The maximum Gasteiger partial charge on any atom is 0.245 e. The summed E-state index contributed by atoms with van der Waals surface area (Å²) in [6, 6.07) is 8.07.